The highest BCUT2D eigenvalue weighted by Crippen LogP contribution is 2.27. The van der Waals surface area contributed by atoms with E-state index in [0.717, 1.165) is 24.3 Å². The Hall–Kier alpha value is -1.31. The first kappa shape index (κ1) is 13.1. The molecule has 0 N–H and O–H groups in total. The van der Waals surface area contributed by atoms with Crippen LogP contribution in [0.15, 0.2) is 18.2 Å². The maximum absolute atomic E-state index is 10.7. The first-order valence-corrected chi connectivity index (χ1v) is 6.97. The highest BCUT2D eigenvalue weighted by Gasteiger charge is 2.16. The van der Waals surface area contributed by atoms with Gasteiger partial charge in [-0.3, -0.25) is 4.79 Å². The Morgan fingerprint density at radius 3 is 2.61 bits per heavy atom. The molecular weight excluding hydrogens is 222 g/mol. The lowest BCUT2D eigenvalue weighted by Crippen LogP contribution is -2.27. The predicted octanol–water partition coefficient (Wildman–Crippen LogP) is 3.82. The molecule has 0 aliphatic heterocycles. The van der Waals surface area contributed by atoms with Crippen LogP contribution in [0.2, 0.25) is 0 Å². The molecule has 0 amide bonds. The molecule has 1 aliphatic rings. The minimum atomic E-state index is 0.766. The normalized spacial score (nSPS) is 16.6. The van der Waals surface area contributed by atoms with Gasteiger partial charge in [-0.05, 0) is 49.4 Å². The van der Waals surface area contributed by atoms with E-state index in [-0.39, 0.29) is 0 Å². The van der Waals surface area contributed by atoms with Crippen LogP contribution >= 0.6 is 0 Å². The van der Waals surface area contributed by atoms with Crippen LogP contribution in [0, 0.1) is 12.8 Å². The molecule has 1 aliphatic carbocycles. The summed E-state index contributed by atoms with van der Waals surface area (Å²) in [5, 5.41) is 0. The molecule has 98 valence electrons. The lowest BCUT2D eigenvalue weighted by atomic mass is 9.89. The van der Waals surface area contributed by atoms with Crippen molar-refractivity contribution in [2.45, 2.75) is 39.0 Å². The van der Waals surface area contributed by atoms with Crippen molar-refractivity contribution in [2.75, 3.05) is 18.5 Å². The van der Waals surface area contributed by atoms with Crippen LogP contribution < -0.4 is 4.90 Å². The second-order valence-corrected chi connectivity index (χ2v) is 5.55. The van der Waals surface area contributed by atoms with E-state index >= 15 is 0 Å². The zero-order valence-corrected chi connectivity index (χ0v) is 11.5. The van der Waals surface area contributed by atoms with E-state index < -0.39 is 0 Å². The molecule has 0 aromatic heterocycles. The van der Waals surface area contributed by atoms with E-state index in [9.17, 15) is 4.79 Å². The number of carbonyl (C=O) groups excluding carboxylic acids is 1. The monoisotopic (exact) mass is 245 g/mol. The third-order valence-corrected chi connectivity index (χ3v) is 4.02. The summed E-state index contributed by atoms with van der Waals surface area (Å²) in [6, 6.07) is 5.95. The van der Waals surface area contributed by atoms with E-state index in [2.05, 4.69) is 24.9 Å². The number of anilines is 1. The van der Waals surface area contributed by atoms with Crippen molar-refractivity contribution < 1.29 is 4.79 Å². The Labute approximate surface area is 110 Å². The van der Waals surface area contributed by atoms with Crippen molar-refractivity contribution in [1.82, 2.24) is 0 Å². The number of hydrogen-bond acceptors (Lipinski definition) is 2. The van der Waals surface area contributed by atoms with Gasteiger partial charge in [0.15, 0.2) is 0 Å². The number of carbonyl (C=O) groups is 1. The van der Waals surface area contributed by atoms with Gasteiger partial charge in [0.1, 0.15) is 6.29 Å². The van der Waals surface area contributed by atoms with Crippen LogP contribution in [0.25, 0.3) is 0 Å². The molecule has 0 atom stereocenters. The van der Waals surface area contributed by atoms with Gasteiger partial charge in [-0.2, -0.15) is 0 Å². The van der Waals surface area contributed by atoms with Gasteiger partial charge in [-0.1, -0.05) is 19.3 Å². The molecular formula is C16H23NO. The lowest BCUT2D eigenvalue weighted by Gasteiger charge is -2.29. The summed E-state index contributed by atoms with van der Waals surface area (Å²) in [6.07, 6.45) is 7.85. The first-order chi connectivity index (χ1) is 8.70. The molecule has 1 aromatic carbocycles. The largest absolute Gasteiger partial charge is 0.374 e. The Morgan fingerprint density at radius 2 is 2.00 bits per heavy atom. The molecule has 0 bridgehead atoms. The quantitative estimate of drug-likeness (QED) is 0.751. The van der Waals surface area contributed by atoms with Crippen LogP contribution in [0.1, 0.15) is 48.0 Å². The molecule has 1 saturated carbocycles. The second-order valence-electron chi connectivity index (χ2n) is 5.55. The van der Waals surface area contributed by atoms with Crippen molar-refractivity contribution in [3.05, 3.63) is 29.3 Å². The van der Waals surface area contributed by atoms with Crippen LogP contribution in [0.5, 0.6) is 0 Å². The molecule has 0 radical (unpaired) electrons. The average Bonchev–Trinajstić information content (AvgIpc) is 2.39. The highest BCUT2D eigenvalue weighted by molar-refractivity contribution is 5.76. The summed E-state index contributed by atoms with van der Waals surface area (Å²) >= 11 is 0. The summed E-state index contributed by atoms with van der Waals surface area (Å²) in [4.78, 5) is 13.1. The average molecular weight is 245 g/mol. The standard InChI is InChI=1S/C16H23NO/c1-13-10-15(12-18)8-9-16(13)17(2)11-14-6-4-3-5-7-14/h8-10,12,14H,3-7,11H2,1-2H3. The topological polar surface area (TPSA) is 20.3 Å². The van der Waals surface area contributed by atoms with Crippen molar-refractivity contribution in [3.8, 4) is 0 Å². The number of rotatable bonds is 4. The lowest BCUT2D eigenvalue weighted by molar-refractivity contribution is 0.112. The molecule has 1 aromatic rings. The van der Waals surface area contributed by atoms with Crippen LogP contribution in [-0.2, 0) is 0 Å². The molecule has 2 nitrogen and oxygen atoms in total. The summed E-state index contributed by atoms with van der Waals surface area (Å²) in [5.74, 6) is 0.842. The van der Waals surface area contributed by atoms with Gasteiger partial charge in [0.2, 0.25) is 0 Å². The van der Waals surface area contributed by atoms with Crippen LogP contribution in [0.3, 0.4) is 0 Å². The van der Waals surface area contributed by atoms with E-state index in [4.69, 9.17) is 0 Å². The fraction of sp³-hybridized carbons (Fsp3) is 0.562. The summed E-state index contributed by atoms with van der Waals surface area (Å²) < 4.78 is 0. The second kappa shape index (κ2) is 6.03. The number of nitrogens with zero attached hydrogens (tertiary/aromatic N) is 1. The third-order valence-electron chi connectivity index (χ3n) is 4.02. The number of benzene rings is 1. The SMILES string of the molecule is Cc1cc(C=O)ccc1N(C)CC1CCCCC1. The summed E-state index contributed by atoms with van der Waals surface area (Å²) in [7, 11) is 2.16. The van der Waals surface area contributed by atoms with Crippen molar-refractivity contribution in [2.24, 2.45) is 5.92 Å². The molecule has 1 fully saturated rings. The van der Waals surface area contributed by atoms with E-state index in [0.29, 0.717) is 0 Å². The molecule has 0 unspecified atom stereocenters. The van der Waals surface area contributed by atoms with Gasteiger partial charge >= 0.3 is 0 Å². The van der Waals surface area contributed by atoms with Crippen molar-refractivity contribution >= 4 is 12.0 Å². The molecule has 18 heavy (non-hydrogen) atoms. The van der Waals surface area contributed by atoms with Gasteiger partial charge in [-0.25, -0.2) is 0 Å². The van der Waals surface area contributed by atoms with Crippen molar-refractivity contribution in [3.63, 3.8) is 0 Å². The molecule has 2 heteroatoms. The van der Waals surface area contributed by atoms with E-state index in [1.165, 1.54) is 43.4 Å². The Bertz CT molecular complexity index is 408. The van der Waals surface area contributed by atoms with Gasteiger partial charge in [-0.15, -0.1) is 0 Å². The molecule has 2 rings (SSSR count). The van der Waals surface area contributed by atoms with Crippen LogP contribution in [0.4, 0.5) is 5.69 Å². The van der Waals surface area contributed by atoms with E-state index in [1.807, 2.05) is 12.1 Å². The van der Waals surface area contributed by atoms with Gasteiger partial charge in [0, 0.05) is 24.8 Å². The maximum Gasteiger partial charge on any atom is 0.150 e. The minimum Gasteiger partial charge on any atom is -0.374 e. The van der Waals surface area contributed by atoms with Crippen molar-refractivity contribution in [1.29, 1.82) is 0 Å². The summed E-state index contributed by atoms with van der Waals surface area (Å²) in [5.41, 5.74) is 3.21. The maximum atomic E-state index is 10.7. The number of hydrogen-bond donors (Lipinski definition) is 0. The Balaban J connectivity index is 2.03. The molecule has 0 heterocycles. The zero-order valence-electron chi connectivity index (χ0n) is 11.5. The predicted molar refractivity (Wildman–Crippen MR) is 76.4 cm³/mol. The molecule has 0 saturated heterocycles. The van der Waals surface area contributed by atoms with Gasteiger partial charge in [0.25, 0.3) is 0 Å². The number of aldehydes is 1. The highest BCUT2D eigenvalue weighted by atomic mass is 16.1. The Morgan fingerprint density at radius 1 is 1.28 bits per heavy atom. The fourth-order valence-corrected chi connectivity index (χ4v) is 3.04. The van der Waals surface area contributed by atoms with Gasteiger partial charge in [0.05, 0.1) is 0 Å². The summed E-state index contributed by atoms with van der Waals surface area (Å²) in [6.45, 7) is 3.22. The number of aryl methyl sites for hydroxylation is 1. The third kappa shape index (κ3) is 3.12. The fourth-order valence-electron chi connectivity index (χ4n) is 3.04. The first-order valence-electron chi connectivity index (χ1n) is 6.97. The Kier molecular flexibility index (Phi) is 4.40. The van der Waals surface area contributed by atoms with Crippen LogP contribution in [-0.4, -0.2) is 19.9 Å². The van der Waals surface area contributed by atoms with E-state index in [1.54, 1.807) is 0 Å². The minimum absolute atomic E-state index is 0.766. The zero-order chi connectivity index (χ0) is 13.0. The smallest absolute Gasteiger partial charge is 0.150 e. The molecule has 0 spiro atoms. The van der Waals surface area contributed by atoms with Gasteiger partial charge < -0.3 is 4.90 Å².